The molecule has 0 spiro atoms. The van der Waals surface area contributed by atoms with Crippen molar-refractivity contribution >= 4 is 41.0 Å². The minimum atomic E-state index is -0.160. The Kier molecular flexibility index (Phi) is 12.0. The number of rotatable bonds is 12. The molecule has 46 heavy (non-hydrogen) atoms. The second-order valence-corrected chi connectivity index (χ2v) is 12.2. The maximum absolute atomic E-state index is 12.3. The number of amides is 1. The van der Waals surface area contributed by atoms with E-state index in [9.17, 15) is 9.59 Å². The lowest BCUT2D eigenvalue weighted by atomic mass is 9.93. The molecule has 0 radical (unpaired) electrons. The molecule has 0 unspecified atom stereocenters. The molecule has 1 aromatic carbocycles. The molecule has 246 valence electrons. The van der Waals surface area contributed by atoms with Gasteiger partial charge >= 0.3 is 5.97 Å². The summed E-state index contributed by atoms with van der Waals surface area (Å²) in [6.45, 7) is 4.63. The van der Waals surface area contributed by atoms with Crippen LogP contribution in [0.4, 0.5) is 5.95 Å². The van der Waals surface area contributed by atoms with Crippen LogP contribution in [0.5, 0.6) is 11.6 Å². The van der Waals surface area contributed by atoms with E-state index in [2.05, 4.69) is 14.9 Å². The highest BCUT2D eigenvalue weighted by Gasteiger charge is 2.24. The molecule has 0 aliphatic carbocycles. The predicted octanol–water partition coefficient (Wildman–Crippen LogP) is 4.07. The number of halogens is 2. The van der Waals surface area contributed by atoms with E-state index in [-0.39, 0.29) is 31.7 Å². The number of piperazine rings is 1. The fraction of sp³-hybridized carbons (Fsp3) is 0.469. The fourth-order valence-corrected chi connectivity index (χ4v) is 6.12. The Hall–Kier alpha value is -3.55. The molecule has 2 aliphatic rings. The van der Waals surface area contributed by atoms with Gasteiger partial charge in [-0.05, 0) is 61.7 Å². The molecule has 3 aromatic rings. The number of aliphatic hydroxyl groups is 1. The van der Waals surface area contributed by atoms with Gasteiger partial charge in [0.05, 0.1) is 38.4 Å². The van der Waals surface area contributed by atoms with Crippen LogP contribution in [0.2, 0.25) is 10.0 Å². The van der Waals surface area contributed by atoms with Crippen LogP contribution in [0.3, 0.4) is 0 Å². The first-order valence-corrected chi connectivity index (χ1v) is 16.0. The number of benzene rings is 1. The molecule has 0 saturated carbocycles. The Balaban J connectivity index is 1.25. The Morgan fingerprint density at radius 3 is 2.30 bits per heavy atom. The lowest BCUT2D eigenvalue weighted by molar-refractivity contribution is -0.142. The molecule has 12 nitrogen and oxygen atoms in total. The van der Waals surface area contributed by atoms with Gasteiger partial charge in [0.2, 0.25) is 17.7 Å². The van der Waals surface area contributed by atoms with Gasteiger partial charge in [-0.1, -0.05) is 23.2 Å². The van der Waals surface area contributed by atoms with E-state index >= 15 is 0 Å². The normalized spacial score (nSPS) is 16.0. The van der Waals surface area contributed by atoms with Gasteiger partial charge in [0, 0.05) is 60.8 Å². The number of hydrogen-bond acceptors (Lipinski definition) is 11. The highest BCUT2D eigenvalue weighted by molar-refractivity contribution is 6.35. The molecule has 0 bridgehead atoms. The second-order valence-electron chi connectivity index (χ2n) is 11.3. The van der Waals surface area contributed by atoms with Gasteiger partial charge in [-0.25, -0.2) is 15.0 Å². The number of piperidine rings is 1. The maximum atomic E-state index is 12.3. The Labute approximate surface area is 278 Å². The van der Waals surface area contributed by atoms with E-state index in [1.165, 1.54) is 7.11 Å². The molecular weight excluding hydrogens is 635 g/mol. The second kappa shape index (κ2) is 16.3. The number of aliphatic hydroxyl groups excluding tert-OH is 1. The summed E-state index contributed by atoms with van der Waals surface area (Å²) in [6, 6.07) is 9.23. The van der Waals surface area contributed by atoms with E-state index in [1.54, 1.807) is 23.4 Å². The summed E-state index contributed by atoms with van der Waals surface area (Å²) in [5.74, 6) is 1.43. The Morgan fingerprint density at radius 1 is 0.957 bits per heavy atom. The molecule has 1 N–H and O–H groups in total. The lowest BCUT2D eigenvalue weighted by Gasteiger charge is -2.34. The van der Waals surface area contributed by atoms with Crippen LogP contribution >= 0.6 is 23.2 Å². The molecular formula is C32H38Cl2N6O6. The van der Waals surface area contributed by atoms with Crippen LogP contribution in [0.1, 0.15) is 24.8 Å². The van der Waals surface area contributed by atoms with Crippen molar-refractivity contribution in [3.63, 3.8) is 0 Å². The number of carbonyl (C=O) groups is 2. The van der Waals surface area contributed by atoms with Crippen molar-refractivity contribution in [2.24, 2.45) is 5.92 Å². The maximum Gasteiger partial charge on any atom is 0.305 e. The molecule has 2 saturated heterocycles. The Morgan fingerprint density at radius 2 is 1.65 bits per heavy atom. The highest BCUT2D eigenvalue weighted by Crippen LogP contribution is 2.31. The monoisotopic (exact) mass is 672 g/mol. The van der Waals surface area contributed by atoms with E-state index in [0.29, 0.717) is 78.4 Å². The predicted molar refractivity (Wildman–Crippen MR) is 173 cm³/mol. The first kappa shape index (κ1) is 33.8. The largest absolute Gasteiger partial charge is 0.469 e. The Bertz CT molecular complexity index is 1460. The van der Waals surface area contributed by atoms with Crippen molar-refractivity contribution in [2.45, 2.75) is 25.8 Å². The molecule has 0 atom stereocenters. The van der Waals surface area contributed by atoms with Gasteiger partial charge in [0.25, 0.3) is 0 Å². The molecule has 1 amide bonds. The summed E-state index contributed by atoms with van der Waals surface area (Å²) < 4.78 is 16.2. The summed E-state index contributed by atoms with van der Waals surface area (Å²) in [7, 11) is 1.43. The zero-order valence-electron chi connectivity index (χ0n) is 25.7. The standard InChI is InChI=1S/C32H38Cl2N6O6/c1-44-31(43)14-22-2-4-38(5-3-22)20-23-12-28(24-15-25(33)17-26(34)16-24)37-29(13-23)46-27-18-35-32(36-19-27)40-8-6-39(7-9-40)30(42)21-45-11-10-41/h12-13,15-19,22,41H,2-11,14,20-21H2,1H3. The van der Waals surface area contributed by atoms with Gasteiger partial charge in [0.15, 0.2) is 5.75 Å². The lowest BCUT2D eigenvalue weighted by Crippen LogP contribution is -2.50. The third kappa shape index (κ3) is 9.49. The van der Waals surface area contributed by atoms with Gasteiger partial charge in [-0.3, -0.25) is 14.5 Å². The molecule has 2 aliphatic heterocycles. The zero-order valence-corrected chi connectivity index (χ0v) is 27.3. The first-order valence-electron chi connectivity index (χ1n) is 15.3. The number of pyridine rings is 1. The zero-order chi connectivity index (χ0) is 32.5. The number of nitrogens with zero attached hydrogens (tertiary/aromatic N) is 6. The molecule has 4 heterocycles. The topological polar surface area (TPSA) is 130 Å². The number of carbonyl (C=O) groups excluding carboxylic acids is 2. The third-order valence-electron chi connectivity index (χ3n) is 8.03. The summed E-state index contributed by atoms with van der Waals surface area (Å²) >= 11 is 12.6. The SMILES string of the molecule is COC(=O)CC1CCN(Cc2cc(Oc3cnc(N4CCN(C(=O)COCCO)CC4)nc3)nc(-c3cc(Cl)cc(Cl)c3)c2)CC1. The molecule has 2 fully saturated rings. The third-order valence-corrected chi connectivity index (χ3v) is 8.47. The van der Waals surface area contributed by atoms with Gasteiger partial charge in [-0.15, -0.1) is 0 Å². The van der Waals surface area contributed by atoms with Crippen LogP contribution < -0.4 is 9.64 Å². The van der Waals surface area contributed by atoms with Gasteiger partial charge in [0.1, 0.15) is 6.61 Å². The number of methoxy groups -OCH3 is 1. The first-order chi connectivity index (χ1) is 22.3. The van der Waals surface area contributed by atoms with E-state index < -0.39 is 0 Å². The average Bonchev–Trinajstić information content (AvgIpc) is 3.05. The van der Waals surface area contributed by atoms with Crippen LogP contribution in [0.15, 0.2) is 42.7 Å². The van der Waals surface area contributed by atoms with Crippen molar-refractivity contribution in [1.82, 2.24) is 24.8 Å². The summed E-state index contributed by atoms with van der Waals surface area (Å²) in [6.07, 6.45) is 5.52. The number of aromatic nitrogens is 3. The van der Waals surface area contributed by atoms with Crippen molar-refractivity contribution < 1.29 is 28.9 Å². The summed E-state index contributed by atoms with van der Waals surface area (Å²) in [5, 5.41) is 9.85. The van der Waals surface area contributed by atoms with Crippen LogP contribution in [0, 0.1) is 5.92 Å². The smallest absolute Gasteiger partial charge is 0.305 e. The number of hydrogen-bond donors (Lipinski definition) is 1. The molecule has 2 aromatic heterocycles. The van der Waals surface area contributed by atoms with E-state index in [4.69, 9.17) is 47.5 Å². The number of ether oxygens (including phenoxy) is 3. The summed E-state index contributed by atoms with van der Waals surface area (Å²) in [4.78, 5) is 43.9. The van der Waals surface area contributed by atoms with Crippen LogP contribution in [-0.4, -0.2) is 108 Å². The van der Waals surface area contributed by atoms with Gasteiger partial charge in [-0.2, -0.15) is 0 Å². The minimum absolute atomic E-state index is 0.0417. The van der Waals surface area contributed by atoms with Gasteiger partial charge < -0.3 is 29.1 Å². The van der Waals surface area contributed by atoms with Crippen molar-refractivity contribution in [3.8, 4) is 22.9 Å². The van der Waals surface area contributed by atoms with E-state index in [1.807, 2.05) is 29.2 Å². The van der Waals surface area contributed by atoms with Crippen LogP contribution in [-0.2, 0) is 25.6 Å². The fourth-order valence-electron chi connectivity index (χ4n) is 5.60. The molecule has 5 rings (SSSR count). The van der Waals surface area contributed by atoms with Crippen molar-refractivity contribution in [2.75, 3.05) is 71.1 Å². The molecule has 14 heteroatoms. The number of esters is 1. The van der Waals surface area contributed by atoms with Crippen molar-refractivity contribution in [1.29, 1.82) is 0 Å². The number of anilines is 1. The summed E-state index contributed by atoms with van der Waals surface area (Å²) in [5.41, 5.74) is 2.45. The van der Waals surface area contributed by atoms with Crippen LogP contribution in [0.25, 0.3) is 11.3 Å². The van der Waals surface area contributed by atoms with Crippen molar-refractivity contribution in [3.05, 3.63) is 58.3 Å². The average molecular weight is 674 g/mol. The van der Waals surface area contributed by atoms with E-state index in [0.717, 1.165) is 37.1 Å². The quantitative estimate of drug-likeness (QED) is 0.221. The minimum Gasteiger partial charge on any atom is -0.469 e. The number of likely N-dealkylation sites (tertiary alicyclic amines) is 1. The highest BCUT2D eigenvalue weighted by atomic mass is 35.5.